The monoisotopic (exact) mass is 841 g/mol. The molecule has 3 aromatic heterocycles. The molecule has 0 saturated heterocycles. The number of halogens is 4. The molecule has 0 aliphatic carbocycles. The Morgan fingerprint density at radius 2 is 1.68 bits per heavy atom. The second-order valence-corrected chi connectivity index (χ2v) is 29.0. The third-order valence-corrected chi connectivity index (χ3v) is 13.2. The molecular weight excluding hydrogens is 791 g/mol. The molecule has 308 valence electrons. The Labute approximate surface area is 327 Å². The van der Waals surface area contributed by atoms with E-state index in [2.05, 4.69) is 65.0 Å². The van der Waals surface area contributed by atoms with Crippen molar-refractivity contribution in [2.24, 2.45) is 0 Å². The average molecular weight is 842 g/mol. The number of hydrogen-bond acceptors (Lipinski definition) is 10. The minimum absolute atomic E-state index is 0.00227. The SMILES string of the molecule is CNC(=O)c1nn(COCC[Si](C)(C)C)c2cc(-c3cc(F)c(OCOCC[Si](C)(C)C)cc3CC(F)(F)F)nc(NCc3ncccc3N(C)S(C)(=O)=O)c12. The summed E-state index contributed by atoms with van der Waals surface area (Å²) < 4.78 is 102. The van der Waals surface area contributed by atoms with Gasteiger partial charge in [-0.2, -0.15) is 18.3 Å². The van der Waals surface area contributed by atoms with Crippen LogP contribution in [0.4, 0.5) is 29.1 Å². The van der Waals surface area contributed by atoms with Crippen molar-refractivity contribution in [2.75, 3.05) is 50.0 Å². The van der Waals surface area contributed by atoms with E-state index in [0.717, 1.165) is 34.8 Å². The Kier molecular flexibility index (Phi) is 14.3. The Hall–Kier alpha value is -4.12. The molecule has 1 aromatic carbocycles. The number of sulfonamides is 1. The number of benzene rings is 1. The van der Waals surface area contributed by atoms with E-state index in [9.17, 15) is 26.4 Å². The summed E-state index contributed by atoms with van der Waals surface area (Å²) in [6, 6.07) is 8.13. The molecule has 13 nitrogen and oxygen atoms in total. The number of nitrogens with zero attached hydrogens (tertiary/aromatic N) is 5. The van der Waals surface area contributed by atoms with Gasteiger partial charge in [-0.3, -0.25) is 14.1 Å². The molecule has 0 aliphatic rings. The molecule has 0 atom stereocenters. The first kappa shape index (κ1) is 44.6. The highest BCUT2D eigenvalue weighted by molar-refractivity contribution is 7.92. The maximum Gasteiger partial charge on any atom is 0.393 e. The summed E-state index contributed by atoms with van der Waals surface area (Å²) in [5.74, 6) is -1.94. The number of rotatable bonds is 19. The van der Waals surface area contributed by atoms with Crippen molar-refractivity contribution < 1.29 is 45.0 Å². The summed E-state index contributed by atoms with van der Waals surface area (Å²) in [4.78, 5) is 22.3. The summed E-state index contributed by atoms with van der Waals surface area (Å²) in [6.07, 6.45) is -3.62. The van der Waals surface area contributed by atoms with Crippen LogP contribution in [0.5, 0.6) is 5.75 Å². The van der Waals surface area contributed by atoms with Gasteiger partial charge in [0, 0.05) is 55.2 Å². The lowest BCUT2D eigenvalue weighted by Crippen LogP contribution is -2.26. The molecule has 0 saturated carbocycles. The predicted octanol–water partition coefficient (Wildman–Crippen LogP) is 7.11. The van der Waals surface area contributed by atoms with Gasteiger partial charge in [-0.05, 0) is 48.0 Å². The summed E-state index contributed by atoms with van der Waals surface area (Å²) >= 11 is 0. The quantitative estimate of drug-likeness (QED) is 0.0433. The van der Waals surface area contributed by atoms with Crippen molar-refractivity contribution >= 4 is 54.5 Å². The summed E-state index contributed by atoms with van der Waals surface area (Å²) in [5.41, 5.74) is 0.155. The first-order valence-electron chi connectivity index (χ1n) is 17.9. The van der Waals surface area contributed by atoms with Crippen molar-refractivity contribution in [1.82, 2.24) is 25.1 Å². The van der Waals surface area contributed by atoms with E-state index in [4.69, 9.17) is 14.2 Å². The molecule has 4 aromatic rings. The lowest BCUT2D eigenvalue weighted by molar-refractivity contribution is -0.127. The van der Waals surface area contributed by atoms with Crippen LogP contribution >= 0.6 is 0 Å². The number of carbonyl (C=O) groups excluding carboxylic acids is 1. The molecule has 0 unspecified atom stereocenters. The van der Waals surface area contributed by atoms with Gasteiger partial charge < -0.3 is 24.8 Å². The zero-order valence-electron chi connectivity index (χ0n) is 33.2. The van der Waals surface area contributed by atoms with Gasteiger partial charge in [0.1, 0.15) is 12.5 Å². The molecule has 3 heterocycles. The Morgan fingerprint density at radius 3 is 2.29 bits per heavy atom. The van der Waals surface area contributed by atoms with E-state index in [1.165, 1.54) is 31.0 Å². The van der Waals surface area contributed by atoms with Crippen LogP contribution in [0.25, 0.3) is 22.2 Å². The van der Waals surface area contributed by atoms with Crippen LogP contribution < -0.4 is 19.7 Å². The van der Waals surface area contributed by atoms with Crippen LogP contribution in [0.15, 0.2) is 36.5 Å². The van der Waals surface area contributed by atoms with E-state index in [0.29, 0.717) is 13.2 Å². The molecular formula is C36H51F4N7O6SSi2. The number of amides is 1. The Balaban J connectivity index is 1.89. The van der Waals surface area contributed by atoms with E-state index >= 15 is 4.39 Å². The van der Waals surface area contributed by atoms with Crippen LogP contribution in [0.3, 0.4) is 0 Å². The molecule has 56 heavy (non-hydrogen) atoms. The molecule has 0 spiro atoms. The van der Waals surface area contributed by atoms with Crippen LogP contribution in [0, 0.1) is 5.82 Å². The normalized spacial score (nSPS) is 12.6. The highest BCUT2D eigenvalue weighted by Crippen LogP contribution is 2.37. The molecule has 20 heteroatoms. The minimum atomic E-state index is -4.69. The highest BCUT2D eigenvalue weighted by atomic mass is 32.2. The number of ether oxygens (including phenoxy) is 3. The van der Waals surface area contributed by atoms with Crippen LogP contribution in [-0.2, 0) is 39.2 Å². The van der Waals surface area contributed by atoms with Gasteiger partial charge in [-0.15, -0.1) is 0 Å². The van der Waals surface area contributed by atoms with Crippen molar-refractivity contribution in [2.45, 2.75) is 77.2 Å². The van der Waals surface area contributed by atoms with Crippen molar-refractivity contribution in [3.05, 3.63) is 59.3 Å². The van der Waals surface area contributed by atoms with E-state index in [1.54, 1.807) is 12.1 Å². The van der Waals surface area contributed by atoms with E-state index in [-0.39, 0.29) is 70.7 Å². The second kappa shape index (κ2) is 18.0. The Morgan fingerprint density at radius 1 is 1.02 bits per heavy atom. The predicted molar refractivity (Wildman–Crippen MR) is 215 cm³/mol. The topological polar surface area (TPSA) is 150 Å². The zero-order valence-corrected chi connectivity index (χ0v) is 36.0. The maximum atomic E-state index is 15.7. The number of pyridine rings is 2. The summed E-state index contributed by atoms with van der Waals surface area (Å²) in [5, 5.41) is 10.4. The molecule has 0 bridgehead atoms. The van der Waals surface area contributed by atoms with Crippen molar-refractivity contribution in [1.29, 1.82) is 0 Å². The maximum absolute atomic E-state index is 15.7. The zero-order chi connectivity index (χ0) is 41.6. The molecule has 0 fully saturated rings. The summed E-state index contributed by atoms with van der Waals surface area (Å²) in [7, 11) is -3.82. The van der Waals surface area contributed by atoms with Gasteiger partial charge in [0.2, 0.25) is 10.0 Å². The van der Waals surface area contributed by atoms with Crippen LogP contribution in [-0.4, -0.2) is 96.8 Å². The molecule has 1 amide bonds. The van der Waals surface area contributed by atoms with Crippen LogP contribution in [0.1, 0.15) is 21.7 Å². The van der Waals surface area contributed by atoms with Gasteiger partial charge in [0.25, 0.3) is 5.91 Å². The molecule has 4 rings (SSSR count). The van der Waals surface area contributed by atoms with Gasteiger partial charge >= 0.3 is 6.18 Å². The lowest BCUT2D eigenvalue weighted by atomic mass is 9.99. The molecule has 0 aliphatic heterocycles. The smallest absolute Gasteiger partial charge is 0.393 e. The number of hydrogen-bond donors (Lipinski definition) is 2. The number of nitrogens with one attached hydrogen (secondary N) is 2. The standard InChI is InChI=1S/C36H51F4N7O6SSi2/c1-41-35(48)33-32-30(47(45-33)22-51-13-15-55(4,5)6)19-27(44-34(32)43-21-28-29(11-10-12-42-28)46(2)54(3,49)50)25-18-26(37)31(17-24(25)20-36(38,39)40)53-23-52-14-16-56(7,8)9/h10-12,17-19H,13-16,20-23H2,1-9H3,(H,41,48)(H,43,44). The molecule has 0 radical (unpaired) electrons. The van der Waals surface area contributed by atoms with E-state index in [1.807, 2.05) is 0 Å². The van der Waals surface area contributed by atoms with Gasteiger partial charge in [0.05, 0.1) is 47.2 Å². The number of alkyl halides is 3. The average Bonchev–Trinajstić information content (AvgIpc) is 3.46. The fourth-order valence-electron chi connectivity index (χ4n) is 5.41. The fourth-order valence-corrected chi connectivity index (χ4v) is 7.45. The summed E-state index contributed by atoms with van der Waals surface area (Å²) in [6.45, 7) is 13.2. The van der Waals surface area contributed by atoms with Crippen molar-refractivity contribution in [3.63, 3.8) is 0 Å². The van der Waals surface area contributed by atoms with E-state index < -0.39 is 56.2 Å². The first-order valence-corrected chi connectivity index (χ1v) is 27.2. The number of fused-ring (bicyclic) bond motifs is 1. The van der Waals surface area contributed by atoms with Gasteiger partial charge in [-0.25, -0.2) is 22.5 Å². The van der Waals surface area contributed by atoms with Crippen LogP contribution in [0.2, 0.25) is 51.4 Å². The third-order valence-electron chi connectivity index (χ3n) is 8.63. The third kappa shape index (κ3) is 12.4. The lowest BCUT2D eigenvalue weighted by Gasteiger charge is -2.20. The van der Waals surface area contributed by atoms with Gasteiger partial charge in [-0.1, -0.05) is 39.3 Å². The first-order chi connectivity index (χ1) is 26.0. The number of aromatic nitrogens is 4. The fraction of sp³-hybridized carbons (Fsp3) is 0.500. The highest BCUT2D eigenvalue weighted by Gasteiger charge is 2.31. The Bertz CT molecular complexity index is 2120. The van der Waals surface area contributed by atoms with Crippen molar-refractivity contribution in [3.8, 4) is 17.0 Å². The molecule has 2 N–H and O–H groups in total. The number of carbonyl (C=O) groups is 1. The second-order valence-electron chi connectivity index (χ2n) is 15.8. The largest absolute Gasteiger partial charge is 0.464 e. The van der Waals surface area contributed by atoms with Gasteiger partial charge in [0.15, 0.2) is 24.1 Å². The minimum Gasteiger partial charge on any atom is -0.464 e. The number of anilines is 2.